The molecule has 1 aromatic rings. The second kappa shape index (κ2) is 3.46. The minimum Gasteiger partial charge on any atom is -0.315 e. The van der Waals surface area contributed by atoms with E-state index in [1.165, 1.54) is 24.1 Å². The minimum atomic E-state index is -0.484. The summed E-state index contributed by atoms with van der Waals surface area (Å²) < 4.78 is 26.6. The highest BCUT2D eigenvalue weighted by Crippen LogP contribution is 2.24. The first-order valence-corrected chi connectivity index (χ1v) is 4.52. The summed E-state index contributed by atoms with van der Waals surface area (Å²) in [4.78, 5) is 12.4. The van der Waals surface area contributed by atoms with Gasteiger partial charge in [-0.15, -0.1) is 0 Å². The van der Waals surface area contributed by atoms with Crippen LogP contribution < -0.4 is 0 Å². The molecule has 0 aromatic heterocycles. The van der Waals surface area contributed by atoms with Gasteiger partial charge in [-0.3, -0.25) is 4.79 Å². The van der Waals surface area contributed by atoms with Crippen molar-refractivity contribution in [3.8, 4) is 0 Å². The molecule has 0 N–H and O–H groups in total. The van der Waals surface area contributed by atoms with Gasteiger partial charge in [0.2, 0.25) is 5.91 Å². The molecule has 0 fully saturated rings. The van der Waals surface area contributed by atoms with E-state index >= 15 is 0 Å². The van der Waals surface area contributed by atoms with Crippen molar-refractivity contribution in [3.63, 3.8) is 0 Å². The van der Waals surface area contributed by atoms with Crippen molar-refractivity contribution in [2.45, 2.75) is 13.5 Å². The Morgan fingerprint density at radius 3 is 2.67 bits per heavy atom. The lowest BCUT2D eigenvalue weighted by Gasteiger charge is -2.22. The quantitative estimate of drug-likeness (QED) is 0.642. The first-order chi connectivity index (χ1) is 7.09. The largest absolute Gasteiger partial charge is 0.315 e. The summed E-state index contributed by atoms with van der Waals surface area (Å²) >= 11 is 0. The molecule has 1 heterocycles. The van der Waals surface area contributed by atoms with Gasteiger partial charge in [-0.1, -0.05) is 0 Å². The van der Waals surface area contributed by atoms with E-state index < -0.39 is 11.6 Å². The Hall–Kier alpha value is -1.71. The van der Waals surface area contributed by atoms with Gasteiger partial charge in [0.25, 0.3) is 0 Å². The predicted octanol–water partition coefficient (Wildman–Crippen LogP) is 2.30. The van der Waals surface area contributed by atoms with Crippen LogP contribution in [0, 0.1) is 11.6 Å². The van der Waals surface area contributed by atoms with Crippen LogP contribution in [0.4, 0.5) is 8.78 Å². The molecule has 1 aromatic carbocycles. The zero-order chi connectivity index (χ0) is 11.0. The Bertz CT molecular complexity index is 454. The van der Waals surface area contributed by atoms with Crippen LogP contribution in [0.3, 0.4) is 0 Å². The van der Waals surface area contributed by atoms with Gasteiger partial charge < -0.3 is 4.90 Å². The predicted molar refractivity (Wildman–Crippen MR) is 51.6 cm³/mol. The summed E-state index contributed by atoms with van der Waals surface area (Å²) in [5.74, 6) is -1.14. The number of halogens is 2. The van der Waals surface area contributed by atoms with E-state index in [1.807, 2.05) is 0 Å². The lowest BCUT2D eigenvalue weighted by molar-refractivity contribution is -0.126. The molecule has 1 aliphatic heterocycles. The maximum absolute atomic E-state index is 13.3. The molecular formula is C11H9F2NO. The fourth-order valence-corrected chi connectivity index (χ4v) is 1.55. The van der Waals surface area contributed by atoms with E-state index in [0.29, 0.717) is 0 Å². The maximum atomic E-state index is 13.3. The number of rotatable bonds is 0. The molecule has 78 valence electrons. The summed E-state index contributed by atoms with van der Waals surface area (Å²) in [6.07, 6.45) is 2.88. The highest BCUT2D eigenvalue weighted by Gasteiger charge is 2.19. The Balaban J connectivity index is 2.49. The third kappa shape index (κ3) is 1.63. The number of carbonyl (C=O) groups excluding carboxylic acids is 1. The van der Waals surface area contributed by atoms with E-state index in [2.05, 4.69) is 0 Å². The van der Waals surface area contributed by atoms with E-state index in [-0.39, 0.29) is 23.6 Å². The van der Waals surface area contributed by atoms with Crippen LogP contribution in [0.25, 0.3) is 6.08 Å². The molecule has 15 heavy (non-hydrogen) atoms. The Morgan fingerprint density at radius 2 is 2.00 bits per heavy atom. The number of nitrogens with zero attached hydrogens (tertiary/aromatic N) is 1. The molecule has 2 rings (SSSR count). The van der Waals surface area contributed by atoms with Gasteiger partial charge in [-0.2, -0.15) is 0 Å². The van der Waals surface area contributed by atoms with Gasteiger partial charge in [0.15, 0.2) is 0 Å². The number of amides is 1. The normalized spacial score (nSPS) is 13.9. The van der Waals surface area contributed by atoms with Crippen molar-refractivity contribution in [3.05, 3.63) is 41.1 Å². The number of hydrogen-bond donors (Lipinski definition) is 0. The highest BCUT2D eigenvalue weighted by molar-refractivity contribution is 5.77. The monoisotopic (exact) mass is 209 g/mol. The fraction of sp³-hybridized carbons (Fsp3) is 0.182. The van der Waals surface area contributed by atoms with Crippen LogP contribution in [-0.4, -0.2) is 10.8 Å². The molecule has 4 heteroatoms. The fourth-order valence-electron chi connectivity index (χ4n) is 1.55. The van der Waals surface area contributed by atoms with Crippen LogP contribution in [0.5, 0.6) is 0 Å². The van der Waals surface area contributed by atoms with Crippen LogP contribution in [0.1, 0.15) is 18.1 Å². The molecule has 0 bridgehead atoms. The van der Waals surface area contributed by atoms with E-state index in [4.69, 9.17) is 0 Å². The van der Waals surface area contributed by atoms with Gasteiger partial charge in [0.1, 0.15) is 11.6 Å². The Kier molecular flexibility index (Phi) is 2.26. The van der Waals surface area contributed by atoms with Crippen LogP contribution >= 0.6 is 0 Å². The SMILES string of the molecule is CC(=O)N1C=Cc2c(F)ccc(F)c2C1. The third-order valence-corrected chi connectivity index (χ3v) is 2.40. The van der Waals surface area contributed by atoms with Crippen molar-refractivity contribution in [2.24, 2.45) is 0 Å². The zero-order valence-electron chi connectivity index (χ0n) is 8.13. The summed E-state index contributed by atoms with van der Waals surface area (Å²) in [5.41, 5.74) is 0.459. The zero-order valence-corrected chi connectivity index (χ0v) is 8.13. The molecule has 1 aliphatic rings. The first-order valence-electron chi connectivity index (χ1n) is 4.52. The molecule has 0 unspecified atom stereocenters. The molecule has 0 saturated carbocycles. The Morgan fingerprint density at radius 1 is 1.33 bits per heavy atom. The molecule has 0 radical (unpaired) electrons. The molecule has 0 aliphatic carbocycles. The molecule has 0 atom stereocenters. The number of fused-ring (bicyclic) bond motifs is 1. The van der Waals surface area contributed by atoms with Crippen molar-refractivity contribution in [1.29, 1.82) is 0 Å². The summed E-state index contributed by atoms with van der Waals surface area (Å²) in [7, 11) is 0. The van der Waals surface area contributed by atoms with Crippen molar-refractivity contribution >= 4 is 12.0 Å². The molecule has 2 nitrogen and oxygen atoms in total. The topological polar surface area (TPSA) is 20.3 Å². The Labute approximate surface area is 85.8 Å². The van der Waals surface area contributed by atoms with Gasteiger partial charge in [0, 0.05) is 24.3 Å². The summed E-state index contributed by atoms with van der Waals surface area (Å²) in [6.45, 7) is 1.47. The second-order valence-electron chi connectivity index (χ2n) is 3.38. The first kappa shape index (κ1) is 9.83. The van der Waals surface area contributed by atoms with Gasteiger partial charge >= 0.3 is 0 Å². The molecule has 0 spiro atoms. The maximum Gasteiger partial charge on any atom is 0.223 e. The van der Waals surface area contributed by atoms with E-state index in [0.717, 1.165) is 12.1 Å². The number of carbonyl (C=O) groups is 1. The van der Waals surface area contributed by atoms with Crippen molar-refractivity contribution < 1.29 is 13.6 Å². The summed E-state index contributed by atoms with van der Waals surface area (Å²) in [6, 6.07) is 2.16. The van der Waals surface area contributed by atoms with Gasteiger partial charge in [-0.25, -0.2) is 8.78 Å². The smallest absolute Gasteiger partial charge is 0.223 e. The van der Waals surface area contributed by atoms with Gasteiger partial charge in [0.05, 0.1) is 6.54 Å². The third-order valence-electron chi connectivity index (χ3n) is 2.40. The van der Waals surface area contributed by atoms with E-state index in [1.54, 1.807) is 0 Å². The average Bonchev–Trinajstić information content (AvgIpc) is 2.23. The lowest BCUT2D eigenvalue weighted by Crippen LogP contribution is -2.25. The average molecular weight is 209 g/mol. The van der Waals surface area contributed by atoms with Crippen LogP contribution in [-0.2, 0) is 11.3 Å². The molecular weight excluding hydrogens is 200 g/mol. The number of benzene rings is 1. The standard InChI is InChI=1S/C11H9F2NO/c1-7(15)14-5-4-8-9(6-14)11(13)3-2-10(8)12/h2-5H,6H2,1H3. The van der Waals surface area contributed by atoms with Crippen molar-refractivity contribution in [1.82, 2.24) is 4.90 Å². The lowest BCUT2D eigenvalue weighted by atomic mass is 10.0. The van der Waals surface area contributed by atoms with Gasteiger partial charge in [-0.05, 0) is 18.2 Å². The molecule has 1 amide bonds. The highest BCUT2D eigenvalue weighted by atomic mass is 19.1. The summed E-state index contributed by atoms with van der Waals surface area (Å²) in [5, 5.41) is 0. The molecule has 0 saturated heterocycles. The van der Waals surface area contributed by atoms with Crippen LogP contribution in [0.15, 0.2) is 18.3 Å². The second-order valence-corrected chi connectivity index (χ2v) is 3.38. The number of hydrogen-bond acceptors (Lipinski definition) is 1. The minimum absolute atomic E-state index is 0.0881. The van der Waals surface area contributed by atoms with E-state index in [9.17, 15) is 13.6 Å². The van der Waals surface area contributed by atoms with Crippen molar-refractivity contribution in [2.75, 3.05) is 0 Å². The van der Waals surface area contributed by atoms with Crippen LogP contribution in [0.2, 0.25) is 0 Å².